The lowest BCUT2D eigenvalue weighted by Gasteiger charge is -2.04. The molecule has 3 N–H and O–H groups in total. The maximum atomic E-state index is 12.1. The number of hydrogen-bond acceptors (Lipinski definition) is 5. The summed E-state index contributed by atoms with van der Waals surface area (Å²) in [5, 5.41) is 2.85. The molecule has 122 valence electrons. The number of nitrogens with two attached hydrogens (primary N) is 1. The van der Waals surface area contributed by atoms with Gasteiger partial charge in [-0.25, -0.2) is 9.97 Å². The summed E-state index contributed by atoms with van der Waals surface area (Å²) < 4.78 is 5.71. The first-order valence-electron chi connectivity index (χ1n) is 7.65. The van der Waals surface area contributed by atoms with Gasteiger partial charge in [-0.05, 0) is 31.2 Å². The maximum Gasteiger partial charge on any atom is 0.251 e. The van der Waals surface area contributed by atoms with Crippen molar-refractivity contribution in [3.63, 3.8) is 0 Å². The quantitative estimate of drug-likeness (QED) is 0.753. The summed E-state index contributed by atoms with van der Waals surface area (Å²) in [6.07, 6.45) is 2.10. The molecule has 3 aromatic rings. The van der Waals surface area contributed by atoms with Gasteiger partial charge in [0.1, 0.15) is 11.6 Å². The molecule has 0 unspecified atom stereocenters. The number of benzene rings is 1. The summed E-state index contributed by atoms with van der Waals surface area (Å²) in [4.78, 5) is 20.4. The Morgan fingerprint density at radius 1 is 1.25 bits per heavy atom. The van der Waals surface area contributed by atoms with E-state index in [1.807, 2.05) is 37.3 Å². The van der Waals surface area contributed by atoms with Gasteiger partial charge in [0.25, 0.3) is 5.91 Å². The monoisotopic (exact) mass is 322 g/mol. The largest absolute Gasteiger partial charge is 0.441 e. The third kappa shape index (κ3) is 3.60. The molecule has 2 heterocycles. The SMILES string of the molecule is Cc1oc(-c2ccccc2)nc1CCNC(=O)c1ccnc(N)c1. The summed E-state index contributed by atoms with van der Waals surface area (Å²) in [6, 6.07) is 12.9. The zero-order chi connectivity index (χ0) is 16.9. The topological polar surface area (TPSA) is 94.0 Å². The molecule has 3 rings (SSSR count). The van der Waals surface area contributed by atoms with Crippen LogP contribution in [0.15, 0.2) is 53.1 Å². The second-order valence-corrected chi connectivity index (χ2v) is 5.36. The van der Waals surface area contributed by atoms with Gasteiger partial charge in [0.2, 0.25) is 5.89 Å². The molecule has 0 saturated heterocycles. The Kier molecular flexibility index (Phi) is 4.56. The molecule has 24 heavy (non-hydrogen) atoms. The highest BCUT2D eigenvalue weighted by Gasteiger charge is 2.12. The Morgan fingerprint density at radius 3 is 2.79 bits per heavy atom. The van der Waals surface area contributed by atoms with Crippen LogP contribution >= 0.6 is 0 Å². The van der Waals surface area contributed by atoms with Crippen molar-refractivity contribution in [3.05, 3.63) is 65.7 Å². The number of oxazole rings is 1. The van der Waals surface area contributed by atoms with Crippen molar-refractivity contribution >= 4 is 11.7 Å². The minimum Gasteiger partial charge on any atom is -0.441 e. The lowest BCUT2D eigenvalue weighted by atomic mass is 10.2. The minimum absolute atomic E-state index is 0.187. The molecule has 0 atom stereocenters. The molecule has 6 heteroatoms. The summed E-state index contributed by atoms with van der Waals surface area (Å²) in [5.41, 5.74) is 7.84. The van der Waals surface area contributed by atoms with E-state index in [1.54, 1.807) is 12.1 Å². The molecule has 0 bridgehead atoms. The molecule has 0 aliphatic rings. The molecule has 0 aliphatic heterocycles. The van der Waals surface area contributed by atoms with Crippen LogP contribution in [0.1, 0.15) is 21.8 Å². The average Bonchev–Trinajstić information content (AvgIpc) is 2.96. The summed E-state index contributed by atoms with van der Waals surface area (Å²) in [7, 11) is 0. The lowest BCUT2D eigenvalue weighted by molar-refractivity contribution is 0.0954. The van der Waals surface area contributed by atoms with Crippen molar-refractivity contribution in [2.45, 2.75) is 13.3 Å². The van der Waals surface area contributed by atoms with Crippen LogP contribution < -0.4 is 11.1 Å². The molecule has 1 aromatic carbocycles. The van der Waals surface area contributed by atoms with Gasteiger partial charge in [0.15, 0.2) is 0 Å². The number of nitrogens with one attached hydrogen (secondary N) is 1. The maximum absolute atomic E-state index is 12.1. The van der Waals surface area contributed by atoms with Gasteiger partial charge in [0, 0.05) is 30.3 Å². The van der Waals surface area contributed by atoms with Crippen molar-refractivity contribution in [2.24, 2.45) is 0 Å². The normalized spacial score (nSPS) is 10.5. The summed E-state index contributed by atoms with van der Waals surface area (Å²) in [5.74, 6) is 1.49. The van der Waals surface area contributed by atoms with E-state index in [4.69, 9.17) is 10.2 Å². The first-order chi connectivity index (χ1) is 11.6. The molecule has 0 spiro atoms. The number of rotatable bonds is 5. The van der Waals surface area contributed by atoms with Crippen LogP contribution in [0.4, 0.5) is 5.82 Å². The molecule has 0 saturated carbocycles. The van der Waals surface area contributed by atoms with Crippen LogP contribution in [0.25, 0.3) is 11.5 Å². The highest BCUT2D eigenvalue weighted by Crippen LogP contribution is 2.21. The minimum atomic E-state index is -0.187. The number of nitrogens with zero attached hydrogens (tertiary/aromatic N) is 2. The fourth-order valence-electron chi connectivity index (χ4n) is 2.35. The Hall–Kier alpha value is -3.15. The van der Waals surface area contributed by atoms with Crippen LogP contribution in [0, 0.1) is 6.92 Å². The van der Waals surface area contributed by atoms with E-state index in [-0.39, 0.29) is 5.91 Å². The number of hydrogen-bond donors (Lipinski definition) is 2. The highest BCUT2D eigenvalue weighted by atomic mass is 16.4. The molecule has 0 fully saturated rings. The third-order valence-electron chi connectivity index (χ3n) is 3.60. The summed E-state index contributed by atoms with van der Waals surface area (Å²) in [6.45, 7) is 2.34. The fraction of sp³-hybridized carbons (Fsp3) is 0.167. The van der Waals surface area contributed by atoms with Gasteiger partial charge >= 0.3 is 0 Å². The van der Waals surface area contributed by atoms with Crippen molar-refractivity contribution < 1.29 is 9.21 Å². The van der Waals surface area contributed by atoms with Crippen molar-refractivity contribution in [1.29, 1.82) is 0 Å². The predicted molar refractivity (Wildman–Crippen MR) is 91.4 cm³/mol. The number of nitrogen functional groups attached to an aromatic ring is 1. The summed E-state index contributed by atoms with van der Waals surface area (Å²) >= 11 is 0. The van der Waals surface area contributed by atoms with Gasteiger partial charge in [0.05, 0.1) is 5.69 Å². The van der Waals surface area contributed by atoms with E-state index >= 15 is 0 Å². The Bertz CT molecular complexity index is 843. The third-order valence-corrected chi connectivity index (χ3v) is 3.60. The van der Waals surface area contributed by atoms with E-state index in [2.05, 4.69) is 15.3 Å². The van der Waals surface area contributed by atoms with Crippen LogP contribution in [0.3, 0.4) is 0 Å². The molecule has 1 amide bonds. The van der Waals surface area contributed by atoms with Crippen LogP contribution in [0.2, 0.25) is 0 Å². The van der Waals surface area contributed by atoms with Gasteiger partial charge in [-0.15, -0.1) is 0 Å². The van der Waals surface area contributed by atoms with E-state index < -0.39 is 0 Å². The number of carbonyl (C=O) groups is 1. The predicted octanol–water partition coefficient (Wildman–Crippen LogP) is 2.60. The Morgan fingerprint density at radius 2 is 2.04 bits per heavy atom. The Labute approximate surface area is 139 Å². The van der Waals surface area contributed by atoms with Crippen LogP contribution in [-0.4, -0.2) is 22.4 Å². The zero-order valence-corrected chi connectivity index (χ0v) is 13.3. The zero-order valence-electron chi connectivity index (χ0n) is 13.3. The van der Waals surface area contributed by atoms with Crippen LogP contribution in [0.5, 0.6) is 0 Å². The van der Waals surface area contributed by atoms with Gasteiger partial charge in [-0.2, -0.15) is 0 Å². The number of carbonyl (C=O) groups excluding carboxylic acids is 1. The average molecular weight is 322 g/mol. The van der Waals surface area contributed by atoms with E-state index in [0.29, 0.717) is 30.2 Å². The van der Waals surface area contributed by atoms with Crippen molar-refractivity contribution in [3.8, 4) is 11.5 Å². The fourth-order valence-corrected chi connectivity index (χ4v) is 2.35. The number of pyridine rings is 1. The van der Waals surface area contributed by atoms with E-state index in [0.717, 1.165) is 17.0 Å². The second-order valence-electron chi connectivity index (χ2n) is 5.36. The molecule has 2 aromatic heterocycles. The standard InChI is InChI=1S/C18H18N4O2/c1-12-15(22-18(24-12)13-5-3-2-4-6-13)8-10-21-17(23)14-7-9-20-16(19)11-14/h2-7,9,11H,8,10H2,1H3,(H2,19,20)(H,21,23). The molecular formula is C18H18N4O2. The van der Waals surface area contributed by atoms with Crippen LogP contribution in [-0.2, 0) is 6.42 Å². The molecule has 0 radical (unpaired) electrons. The van der Waals surface area contributed by atoms with E-state index in [9.17, 15) is 4.79 Å². The van der Waals surface area contributed by atoms with E-state index in [1.165, 1.54) is 6.20 Å². The molecular weight excluding hydrogens is 304 g/mol. The lowest BCUT2D eigenvalue weighted by Crippen LogP contribution is -2.26. The number of amides is 1. The number of aryl methyl sites for hydroxylation is 1. The van der Waals surface area contributed by atoms with Gasteiger partial charge < -0.3 is 15.5 Å². The Balaban J connectivity index is 1.61. The van der Waals surface area contributed by atoms with Crippen molar-refractivity contribution in [1.82, 2.24) is 15.3 Å². The second kappa shape index (κ2) is 6.95. The highest BCUT2D eigenvalue weighted by molar-refractivity contribution is 5.94. The van der Waals surface area contributed by atoms with Gasteiger partial charge in [-0.1, -0.05) is 18.2 Å². The first-order valence-corrected chi connectivity index (χ1v) is 7.65. The smallest absolute Gasteiger partial charge is 0.251 e. The first kappa shape index (κ1) is 15.7. The van der Waals surface area contributed by atoms with Crippen molar-refractivity contribution in [2.75, 3.05) is 12.3 Å². The number of anilines is 1. The number of aromatic nitrogens is 2. The van der Waals surface area contributed by atoms with Gasteiger partial charge in [-0.3, -0.25) is 4.79 Å². The molecule has 0 aliphatic carbocycles. The molecule has 6 nitrogen and oxygen atoms in total.